The number of hydrogen-bond donors (Lipinski definition) is 0. The second-order valence-electron chi connectivity index (χ2n) is 10.5. The van der Waals surface area contributed by atoms with Crippen LogP contribution in [0.5, 0.6) is 11.6 Å². The van der Waals surface area contributed by atoms with Gasteiger partial charge in [0.15, 0.2) is 17.3 Å². The molecule has 0 bridgehead atoms. The molecule has 0 unspecified atom stereocenters. The molecule has 7 heteroatoms. The highest BCUT2D eigenvalue weighted by molar-refractivity contribution is 6.00. The van der Waals surface area contributed by atoms with Gasteiger partial charge in [-0.15, -0.1) is 5.10 Å². The van der Waals surface area contributed by atoms with E-state index in [1.165, 1.54) is 5.56 Å². The summed E-state index contributed by atoms with van der Waals surface area (Å²) in [5.41, 5.74) is 5.20. The van der Waals surface area contributed by atoms with Crippen LogP contribution in [0.2, 0.25) is 0 Å². The van der Waals surface area contributed by atoms with Gasteiger partial charge in [0.25, 0.3) is 0 Å². The van der Waals surface area contributed by atoms with Crippen molar-refractivity contribution in [2.24, 2.45) is 5.41 Å². The van der Waals surface area contributed by atoms with Gasteiger partial charge in [-0.3, -0.25) is 4.79 Å². The number of ether oxygens (including phenoxy) is 2. The lowest BCUT2D eigenvalue weighted by molar-refractivity contribution is -0.118. The first-order valence-electron chi connectivity index (χ1n) is 12.2. The van der Waals surface area contributed by atoms with Crippen molar-refractivity contribution in [3.05, 3.63) is 94.3 Å². The van der Waals surface area contributed by atoms with Gasteiger partial charge in [0.1, 0.15) is 24.4 Å². The number of aromatic nitrogens is 4. The third-order valence-electron chi connectivity index (χ3n) is 7.15. The van der Waals surface area contributed by atoms with E-state index in [-0.39, 0.29) is 23.7 Å². The molecule has 6 rings (SSSR count). The summed E-state index contributed by atoms with van der Waals surface area (Å²) in [5.74, 6) is 2.34. The van der Waals surface area contributed by atoms with Crippen LogP contribution >= 0.6 is 0 Å². The lowest BCUT2D eigenvalue weighted by atomic mass is 9.70. The normalized spacial score (nSPS) is 18.6. The summed E-state index contributed by atoms with van der Waals surface area (Å²) in [6.45, 7) is 8.52. The summed E-state index contributed by atoms with van der Waals surface area (Å²) in [4.78, 5) is 22.9. The molecular formula is C29H28N4O3. The zero-order valence-electron chi connectivity index (χ0n) is 20.9. The molecule has 182 valence electrons. The van der Waals surface area contributed by atoms with Crippen LogP contribution in [0.1, 0.15) is 60.7 Å². The van der Waals surface area contributed by atoms with Gasteiger partial charge in [-0.1, -0.05) is 56.3 Å². The molecule has 2 aromatic heterocycles. The van der Waals surface area contributed by atoms with Crippen molar-refractivity contribution in [3.63, 3.8) is 0 Å². The van der Waals surface area contributed by atoms with E-state index in [2.05, 4.69) is 36.9 Å². The first kappa shape index (κ1) is 22.5. The van der Waals surface area contributed by atoms with E-state index in [0.29, 0.717) is 41.5 Å². The van der Waals surface area contributed by atoms with Gasteiger partial charge in [0, 0.05) is 24.3 Å². The van der Waals surface area contributed by atoms with Crippen LogP contribution in [-0.2, 0) is 11.4 Å². The Labute approximate surface area is 209 Å². The average Bonchev–Trinajstić information content (AvgIpc) is 3.27. The summed E-state index contributed by atoms with van der Waals surface area (Å²) in [6.07, 6.45) is 2.78. The van der Waals surface area contributed by atoms with Gasteiger partial charge in [-0.05, 0) is 42.0 Å². The summed E-state index contributed by atoms with van der Waals surface area (Å²) in [5, 5.41) is 4.62. The molecule has 2 aromatic carbocycles. The first-order valence-corrected chi connectivity index (χ1v) is 12.2. The molecule has 0 radical (unpaired) electrons. The van der Waals surface area contributed by atoms with E-state index in [9.17, 15) is 4.79 Å². The fourth-order valence-electron chi connectivity index (χ4n) is 5.25. The van der Waals surface area contributed by atoms with Crippen molar-refractivity contribution in [1.29, 1.82) is 0 Å². The Kier molecular flexibility index (Phi) is 5.18. The topological polar surface area (TPSA) is 78.6 Å². The second-order valence-corrected chi connectivity index (χ2v) is 10.5. The molecule has 0 saturated heterocycles. The number of aryl methyl sites for hydroxylation is 1. The third kappa shape index (κ3) is 3.75. The van der Waals surface area contributed by atoms with Crippen LogP contribution < -0.4 is 9.47 Å². The lowest BCUT2D eigenvalue weighted by Gasteiger charge is -2.37. The minimum Gasteiger partial charge on any atom is -0.485 e. The minimum absolute atomic E-state index is 0.112. The smallest absolute Gasteiger partial charge is 0.228 e. The summed E-state index contributed by atoms with van der Waals surface area (Å²) in [6, 6.07) is 16.0. The second kappa shape index (κ2) is 8.29. The van der Waals surface area contributed by atoms with Crippen molar-refractivity contribution in [2.75, 3.05) is 0 Å². The van der Waals surface area contributed by atoms with Gasteiger partial charge in [0.05, 0.1) is 5.56 Å². The highest BCUT2D eigenvalue weighted by Gasteiger charge is 2.43. The Morgan fingerprint density at radius 2 is 1.89 bits per heavy atom. The van der Waals surface area contributed by atoms with E-state index in [0.717, 1.165) is 22.4 Å². The Morgan fingerprint density at radius 1 is 1.08 bits per heavy atom. The van der Waals surface area contributed by atoms with Gasteiger partial charge in [0.2, 0.25) is 5.88 Å². The van der Waals surface area contributed by atoms with E-state index >= 15 is 0 Å². The molecule has 1 aliphatic heterocycles. The Hall–Kier alpha value is -4.00. The minimum atomic E-state index is -0.318. The van der Waals surface area contributed by atoms with Crippen molar-refractivity contribution >= 4 is 11.4 Å². The van der Waals surface area contributed by atoms with E-state index in [1.807, 2.05) is 49.4 Å². The average molecular weight is 481 g/mol. The quantitative estimate of drug-likeness (QED) is 0.384. The maximum absolute atomic E-state index is 13.5. The Bertz CT molecular complexity index is 1540. The number of carbonyl (C=O) groups excluding carboxylic acids is 1. The molecule has 0 fully saturated rings. The van der Waals surface area contributed by atoms with Crippen molar-refractivity contribution in [2.45, 2.75) is 53.1 Å². The highest BCUT2D eigenvalue weighted by Crippen LogP contribution is 2.50. The van der Waals surface area contributed by atoms with Gasteiger partial charge in [-0.25, -0.2) is 14.5 Å². The van der Waals surface area contributed by atoms with Crippen LogP contribution in [0.3, 0.4) is 0 Å². The number of hydrogen-bond acceptors (Lipinski definition) is 6. The fraction of sp³-hybridized carbons (Fsp3) is 0.310. The standard InChI is InChI=1S/C29H28N4O3/c1-17-9-8-12-21(18(17)2)35-15-23-31-27-26-24(19-10-6-5-7-11-19)25-20(34)13-29(3,4)14-22(25)36-28(26)30-16-33(27)32-23/h5-12,16,24H,13-15H2,1-4H3/t24-/m0/s1. The lowest BCUT2D eigenvalue weighted by Crippen LogP contribution is -2.33. The summed E-state index contributed by atoms with van der Waals surface area (Å²) < 4.78 is 14.0. The fourth-order valence-corrected chi connectivity index (χ4v) is 5.25. The summed E-state index contributed by atoms with van der Waals surface area (Å²) >= 11 is 0. The number of benzene rings is 2. The van der Waals surface area contributed by atoms with Crippen molar-refractivity contribution < 1.29 is 14.3 Å². The third-order valence-corrected chi connectivity index (χ3v) is 7.15. The zero-order valence-corrected chi connectivity index (χ0v) is 20.9. The molecule has 0 amide bonds. The Balaban J connectivity index is 1.45. The molecule has 0 N–H and O–H groups in total. The molecule has 4 aromatic rings. The predicted molar refractivity (Wildman–Crippen MR) is 135 cm³/mol. The van der Waals surface area contributed by atoms with Gasteiger partial charge < -0.3 is 9.47 Å². The van der Waals surface area contributed by atoms with E-state index in [1.54, 1.807) is 10.8 Å². The molecular weight excluding hydrogens is 452 g/mol. The molecule has 1 atom stereocenters. The number of Topliss-reactive ketones (excluding diaryl/α,β-unsaturated/α-hetero) is 1. The van der Waals surface area contributed by atoms with Crippen LogP contribution in [0, 0.1) is 19.3 Å². The number of ketones is 1. The van der Waals surface area contributed by atoms with Gasteiger partial charge >= 0.3 is 0 Å². The van der Waals surface area contributed by atoms with Crippen LogP contribution in [0.15, 0.2) is 66.2 Å². The first-order chi connectivity index (χ1) is 17.3. The maximum atomic E-state index is 13.5. The molecule has 2 aliphatic rings. The van der Waals surface area contributed by atoms with E-state index in [4.69, 9.17) is 14.5 Å². The largest absolute Gasteiger partial charge is 0.485 e. The monoisotopic (exact) mass is 480 g/mol. The summed E-state index contributed by atoms with van der Waals surface area (Å²) in [7, 11) is 0. The molecule has 3 heterocycles. The van der Waals surface area contributed by atoms with Crippen LogP contribution in [0.4, 0.5) is 0 Å². The maximum Gasteiger partial charge on any atom is 0.228 e. The zero-order chi connectivity index (χ0) is 25.0. The molecule has 36 heavy (non-hydrogen) atoms. The highest BCUT2D eigenvalue weighted by atomic mass is 16.5. The number of allylic oxidation sites excluding steroid dienone is 2. The number of fused-ring (bicyclic) bond motifs is 3. The number of nitrogens with zero attached hydrogens (tertiary/aromatic N) is 4. The SMILES string of the molecule is Cc1cccc(OCc2nc3c4c(ncn3n2)OC2=C(C(=O)CC(C)(C)C2)[C@@H]4c2ccccc2)c1C. The van der Waals surface area contributed by atoms with E-state index < -0.39 is 0 Å². The molecule has 1 aliphatic carbocycles. The predicted octanol–water partition coefficient (Wildman–Crippen LogP) is 5.49. The molecule has 0 saturated carbocycles. The Morgan fingerprint density at radius 3 is 2.69 bits per heavy atom. The van der Waals surface area contributed by atoms with Crippen molar-refractivity contribution in [1.82, 2.24) is 19.6 Å². The van der Waals surface area contributed by atoms with Crippen molar-refractivity contribution in [3.8, 4) is 11.6 Å². The van der Waals surface area contributed by atoms with Crippen LogP contribution in [0.25, 0.3) is 5.65 Å². The number of carbonyl (C=O) groups is 1. The number of rotatable bonds is 4. The molecule has 7 nitrogen and oxygen atoms in total. The van der Waals surface area contributed by atoms with Gasteiger partial charge in [-0.2, -0.15) is 0 Å². The van der Waals surface area contributed by atoms with Crippen LogP contribution in [-0.4, -0.2) is 25.4 Å². The molecule has 0 spiro atoms.